The zero-order valence-corrected chi connectivity index (χ0v) is 11.1. The van der Waals surface area contributed by atoms with Crippen molar-refractivity contribution in [3.8, 4) is 17.9 Å². The van der Waals surface area contributed by atoms with Gasteiger partial charge in [0.1, 0.15) is 6.61 Å². The second-order valence-electron chi connectivity index (χ2n) is 4.18. The number of carbonyl (C=O) groups excluding carboxylic acids is 1. The van der Waals surface area contributed by atoms with Crippen molar-refractivity contribution in [3.63, 3.8) is 0 Å². The third-order valence-corrected chi connectivity index (χ3v) is 2.73. The Morgan fingerprint density at radius 3 is 2.24 bits per heavy atom. The average molecular weight is 276 g/mol. The summed E-state index contributed by atoms with van der Waals surface area (Å²) in [6.07, 6.45) is 0. The Labute approximate surface area is 122 Å². The van der Waals surface area contributed by atoms with E-state index in [1.165, 1.54) is 0 Å². The summed E-state index contributed by atoms with van der Waals surface area (Å²) in [6.45, 7) is -0.194. The van der Waals surface area contributed by atoms with E-state index in [1.807, 2.05) is 6.07 Å². The Morgan fingerprint density at radius 1 is 1.05 bits per heavy atom. The summed E-state index contributed by atoms with van der Waals surface area (Å²) in [6, 6.07) is 15.4. The van der Waals surface area contributed by atoms with Crippen LogP contribution in [-0.2, 0) is 0 Å². The molecule has 2 rings (SSSR count). The molecule has 0 saturated carbocycles. The quantitative estimate of drug-likeness (QED) is 0.825. The Kier molecular flexibility index (Phi) is 4.71. The number of carbonyl (C=O) groups is 1. The van der Waals surface area contributed by atoms with Crippen LogP contribution in [-0.4, -0.2) is 17.6 Å². The van der Waals surface area contributed by atoms with Gasteiger partial charge in [0.15, 0.2) is 0 Å². The van der Waals surface area contributed by atoms with Gasteiger partial charge in [0, 0.05) is 16.8 Å². The molecule has 0 aliphatic heterocycles. The lowest BCUT2D eigenvalue weighted by Gasteiger charge is -2.05. The predicted octanol–water partition coefficient (Wildman–Crippen LogP) is 2.15. The van der Waals surface area contributed by atoms with Crippen LogP contribution in [0.4, 0.5) is 5.69 Å². The lowest BCUT2D eigenvalue weighted by atomic mass is 10.1. The Morgan fingerprint density at radius 2 is 1.67 bits per heavy atom. The number of nitriles is 1. The summed E-state index contributed by atoms with van der Waals surface area (Å²) >= 11 is 0. The van der Waals surface area contributed by atoms with Gasteiger partial charge < -0.3 is 10.4 Å². The number of rotatable bonds is 2. The topological polar surface area (TPSA) is 73.1 Å². The average Bonchev–Trinajstić information content (AvgIpc) is 2.54. The molecule has 0 spiro atoms. The molecule has 0 aromatic heterocycles. The maximum absolute atomic E-state index is 12.0. The lowest BCUT2D eigenvalue weighted by Crippen LogP contribution is -2.11. The minimum Gasteiger partial charge on any atom is -0.384 e. The first-order chi connectivity index (χ1) is 10.2. The highest BCUT2D eigenvalue weighted by Crippen LogP contribution is 2.11. The molecule has 21 heavy (non-hydrogen) atoms. The molecular formula is C17H12N2O2. The molecule has 0 atom stereocenters. The van der Waals surface area contributed by atoms with Crippen LogP contribution >= 0.6 is 0 Å². The van der Waals surface area contributed by atoms with Crippen LogP contribution < -0.4 is 5.32 Å². The van der Waals surface area contributed by atoms with Crippen LogP contribution in [0.1, 0.15) is 21.5 Å². The van der Waals surface area contributed by atoms with Crippen molar-refractivity contribution in [3.05, 3.63) is 65.2 Å². The minimum atomic E-state index is -0.235. The summed E-state index contributed by atoms with van der Waals surface area (Å²) < 4.78 is 0. The summed E-state index contributed by atoms with van der Waals surface area (Å²) in [5.41, 5.74) is 2.41. The number of nitrogens with zero attached hydrogens (tertiary/aromatic N) is 1. The monoisotopic (exact) mass is 276 g/mol. The number of amides is 1. The molecule has 2 aromatic carbocycles. The van der Waals surface area contributed by atoms with Crippen LogP contribution in [0.2, 0.25) is 0 Å². The largest absolute Gasteiger partial charge is 0.384 e. The van der Waals surface area contributed by atoms with Gasteiger partial charge in [-0.2, -0.15) is 5.26 Å². The molecule has 102 valence electrons. The van der Waals surface area contributed by atoms with Crippen molar-refractivity contribution >= 4 is 11.6 Å². The van der Waals surface area contributed by atoms with Gasteiger partial charge in [-0.25, -0.2) is 0 Å². The van der Waals surface area contributed by atoms with E-state index in [2.05, 4.69) is 17.2 Å². The van der Waals surface area contributed by atoms with Crippen LogP contribution in [0.5, 0.6) is 0 Å². The molecule has 0 radical (unpaired) electrons. The summed E-state index contributed by atoms with van der Waals surface area (Å²) in [7, 11) is 0. The van der Waals surface area contributed by atoms with Gasteiger partial charge in [-0.15, -0.1) is 0 Å². The fraction of sp³-hybridized carbons (Fsp3) is 0.0588. The third-order valence-electron chi connectivity index (χ3n) is 2.73. The number of nitrogens with one attached hydrogen (secondary N) is 1. The summed E-state index contributed by atoms with van der Waals surface area (Å²) in [4.78, 5) is 12.0. The molecule has 0 bridgehead atoms. The van der Waals surface area contributed by atoms with Gasteiger partial charge in [0.05, 0.1) is 11.6 Å². The van der Waals surface area contributed by atoms with Gasteiger partial charge in [0.2, 0.25) is 0 Å². The molecule has 4 nitrogen and oxygen atoms in total. The molecule has 0 unspecified atom stereocenters. The SMILES string of the molecule is N#Cc1ccc(NC(=O)c2ccc(C#CCO)cc2)cc1. The fourth-order valence-corrected chi connectivity index (χ4v) is 1.68. The maximum Gasteiger partial charge on any atom is 0.255 e. The zero-order valence-electron chi connectivity index (χ0n) is 11.1. The predicted molar refractivity (Wildman–Crippen MR) is 79.5 cm³/mol. The van der Waals surface area contributed by atoms with E-state index in [0.29, 0.717) is 16.8 Å². The molecule has 0 aliphatic rings. The van der Waals surface area contributed by atoms with Crippen molar-refractivity contribution in [2.45, 2.75) is 0 Å². The van der Waals surface area contributed by atoms with E-state index in [9.17, 15) is 4.79 Å². The van der Waals surface area contributed by atoms with E-state index >= 15 is 0 Å². The smallest absolute Gasteiger partial charge is 0.255 e. The Hall–Kier alpha value is -3.08. The van der Waals surface area contributed by atoms with Gasteiger partial charge >= 0.3 is 0 Å². The van der Waals surface area contributed by atoms with Crippen molar-refractivity contribution in [1.29, 1.82) is 5.26 Å². The van der Waals surface area contributed by atoms with Crippen molar-refractivity contribution < 1.29 is 9.90 Å². The van der Waals surface area contributed by atoms with Crippen LogP contribution in [0.25, 0.3) is 0 Å². The second kappa shape index (κ2) is 6.91. The van der Waals surface area contributed by atoms with Crippen molar-refractivity contribution in [2.24, 2.45) is 0 Å². The maximum atomic E-state index is 12.0. The number of aliphatic hydroxyl groups is 1. The number of hydrogen-bond donors (Lipinski definition) is 2. The Balaban J connectivity index is 2.07. The molecule has 4 heteroatoms. The first-order valence-electron chi connectivity index (χ1n) is 6.24. The van der Waals surface area contributed by atoms with Crippen LogP contribution in [0.15, 0.2) is 48.5 Å². The zero-order chi connectivity index (χ0) is 15.1. The normalized spacial score (nSPS) is 9.14. The highest BCUT2D eigenvalue weighted by atomic mass is 16.2. The molecular weight excluding hydrogens is 264 g/mol. The number of hydrogen-bond acceptors (Lipinski definition) is 3. The lowest BCUT2D eigenvalue weighted by molar-refractivity contribution is 0.102. The van der Waals surface area contributed by atoms with Crippen LogP contribution in [0.3, 0.4) is 0 Å². The molecule has 1 amide bonds. The Bertz CT molecular complexity index is 730. The molecule has 0 heterocycles. The molecule has 0 fully saturated rings. The number of anilines is 1. The highest BCUT2D eigenvalue weighted by molar-refractivity contribution is 6.04. The highest BCUT2D eigenvalue weighted by Gasteiger charge is 2.05. The van der Waals surface area contributed by atoms with E-state index in [0.717, 1.165) is 5.56 Å². The van der Waals surface area contributed by atoms with Gasteiger partial charge in [-0.1, -0.05) is 11.8 Å². The number of benzene rings is 2. The summed E-state index contributed by atoms with van der Waals surface area (Å²) in [5, 5.41) is 20.1. The van der Waals surface area contributed by atoms with Crippen LogP contribution in [0, 0.1) is 23.2 Å². The first-order valence-corrected chi connectivity index (χ1v) is 6.24. The van der Waals surface area contributed by atoms with E-state index in [-0.39, 0.29) is 12.5 Å². The first kappa shape index (κ1) is 14.3. The van der Waals surface area contributed by atoms with E-state index < -0.39 is 0 Å². The molecule has 0 aliphatic carbocycles. The van der Waals surface area contributed by atoms with E-state index in [1.54, 1.807) is 48.5 Å². The van der Waals surface area contributed by atoms with Crippen molar-refractivity contribution in [2.75, 3.05) is 11.9 Å². The van der Waals surface area contributed by atoms with E-state index in [4.69, 9.17) is 10.4 Å². The van der Waals surface area contributed by atoms with Gasteiger partial charge in [0.25, 0.3) is 5.91 Å². The molecule has 0 saturated heterocycles. The third kappa shape index (κ3) is 3.94. The van der Waals surface area contributed by atoms with Gasteiger partial charge in [-0.05, 0) is 48.5 Å². The fourth-order valence-electron chi connectivity index (χ4n) is 1.68. The summed E-state index contributed by atoms with van der Waals surface area (Å²) in [5.74, 6) is 5.07. The standard InChI is InChI=1S/C17H12N2O2/c18-12-14-5-9-16(10-6-14)19-17(21)15-7-3-13(4-8-15)2-1-11-20/h3-10,20H,11H2,(H,19,21). The molecule has 2 aromatic rings. The minimum absolute atomic E-state index is 0.194. The number of aliphatic hydroxyl groups excluding tert-OH is 1. The molecule has 2 N–H and O–H groups in total. The second-order valence-corrected chi connectivity index (χ2v) is 4.18. The van der Waals surface area contributed by atoms with Crippen molar-refractivity contribution in [1.82, 2.24) is 0 Å². The van der Waals surface area contributed by atoms with Gasteiger partial charge in [-0.3, -0.25) is 4.79 Å².